The lowest BCUT2D eigenvalue weighted by Crippen LogP contribution is -2.51. The van der Waals surface area contributed by atoms with Crippen molar-refractivity contribution >= 4 is 11.4 Å². The van der Waals surface area contributed by atoms with E-state index in [1.165, 1.54) is 5.69 Å². The van der Waals surface area contributed by atoms with Crippen LogP contribution in [0.4, 0.5) is 11.4 Å². The van der Waals surface area contributed by atoms with E-state index >= 15 is 0 Å². The lowest BCUT2D eigenvalue weighted by molar-refractivity contribution is 0.199. The van der Waals surface area contributed by atoms with Gasteiger partial charge in [0.2, 0.25) is 0 Å². The summed E-state index contributed by atoms with van der Waals surface area (Å²) in [5, 5.41) is 0. The maximum absolute atomic E-state index is 5.92. The smallest absolute Gasteiger partial charge is 0.144 e. The van der Waals surface area contributed by atoms with Crippen LogP contribution in [0.3, 0.4) is 0 Å². The van der Waals surface area contributed by atoms with Crippen LogP contribution < -0.4 is 15.4 Å². The predicted molar refractivity (Wildman–Crippen MR) is 80.9 cm³/mol. The van der Waals surface area contributed by atoms with Crippen molar-refractivity contribution in [1.29, 1.82) is 0 Å². The average molecular weight is 263 g/mol. The zero-order valence-corrected chi connectivity index (χ0v) is 12.2. The molecule has 0 saturated carbocycles. The average Bonchev–Trinajstić information content (AvgIpc) is 2.41. The zero-order chi connectivity index (χ0) is 13.8. The molecule has 1 aromatic carbocycles. The number of hydrogen-bond acceptors (Lipinski definition) is 4. The molecule has 2 rings (SSSR count). The molecular formula is C15H25N3O. The summed E-state index contributed by atoms with van der Waals surface area (Å²) < 4.78 is 5.58. The molecule has 1 saturated heterocycles. The highest BCUT2D eigenvalue weighted by atomic mass is 16.5. The summed E-state index contributed by atoms with van der Waals surface area (Å²) in [5.74, 6) is 0.797. The van der Waals surface area contributed by atoms with Gasteiger partial charge in [-0.3, -0.25) is 4.90 Å². The fourth-order valence-corrected chi connectivity index (χ4v) is 2.70. The lowest BCUT2D eigenvalue weighted by atomic mass is 10.1. The number of piperazine rings is 1. The van der Waals surface area contributed by atoms with Gasteiger partial charge in [0.05, 0.1) is 12.3 Å². The van der Waals surface area contributed by atoms with Gasteiger partial charge in [-0.15, -0.1) is 0 Å². The Bertz CT molecular complexity index is 422. The third-order valence-corrected chi connectivity index (χ3v) is 3.83. The van der Waals surface area contributed by atoms with Gasteiger partial charge in [0.1, 0.15) is 5.75 Å². The highest BCUT2D eigenvalue weighted by Crippen LogP contribution is 2.29. The van der Waals surface area contributed by atoms with Gasteiger partial charge in [-0.2, -0.15) is 0 Å². The fraction of sp³-hybridized carbons (Fsp3) is 0.600. The topological polar surface area (TPSA) is 41.7 Å². The van der Waals surface area contributed by atoms with Crippen molar-refractivity contribution in [2.24, 2.45) is 0 Å². The van der Waals surface area contributed by atoms with E-state index in [-0.39, 0.29) is 0 Å². The van der Waals surface area contributed by atoms with Crippen molar-refractivity contribution in [3.05, 3.63) is 18.2 Å². The van der Waals surface area contributed by atoms with Crippen LogP contribution >= 0.6 is 0 Å². The number of ether oxygens (including phenoxy) is 1. The van der Waals surface area contributed by atoms with E-state index in [0.717, 1.165) is 31.9 Å². The highest BCUT2D eigenvalue weighted by molar-refractivity contribution is 5.62. The van der Waals surface area contributed by atoms with Crippen LogP contribution in [0.2, 0.25) is 0 Å². The van der Waals surface area contributed by atoms with E-state index in [4.69, 9.17) is 10.5 Å². The number of benzene rings is 1. The second kappa shape index (κ2) is 6.15. The Morgan fingerprint density at radius 3 is 2.74 bits per heavy atom. The standard InChI is InChI=1S/C15H25N3O/c1-4-17-8-9-18(11-12(17)3)13-6-7-14(16)15(10-13)19-5-2/h6-7,10,12H,4-5,8-9,11,16H2,1-3H3. The van der Waals surface area contributed by atoms with E-state index in [0.29, 0.717) is 18.3 Å². The largest absolute Gasteiger partial charge is 0.492 e. The monoisotopic (exact) mass is 263 g/mol. The van der Waals surface area contributed by atoms with Crippen LogP contribution in [-0.4, -0.2) is 43.7 Å². The zero-order valence-electron chi connectivity index (χ0n) is 12.2. The van der Waals surface area contributed by atoms with Gasteiger partial charge in [0.15, 0.2) is 0 Å². The van der Waals surface area contributed by atoms with Gasteiger partial charge in [0.25, 0.3) is 0 Å². The molecule has 1 aliphatic heterocycles. The lowest BCUT2D eigenvalue weighted by Gasteiger charge is -2.40. The minimum Gasteiger partial charge on any atom is -0.492 e. The van der Waals surface area contributed by atoms with Crippen molar-refractivity contribution in [2.45, 2.75) is 26.8 Å². The van der Waals surface area contributed by atoms with Crippen molar-refractivity contribution in [3.63, 3.8) is 0 Å². The quantitative estimate of drug-likeness (QED) is 0.846. The number of nitrogens with zero attached hydrogens (tertiary/aromatic N) is 2. The van der Waals surface area contributed by atoms with E-state index in [2.05, 4.69) is 35.8 Å². The second-order valence-corrected chi connectivity index (χ2v) is 5.08. The summed E-state index contributed by atoms with van der Waals surface area (Å²) in [4.78, 5) is 4.93. The van der Waals surface area contributed by atoms with Crippen LogP contribution in [-0.2, 0) is 0 Å². The first kappa shape index (κ1) is 14.0. The Kier molecular flexibility index (Phi) is 4.53. The molecule has 1 aromatic rings. The summed E-state index contributed by atoms with van der Waals surface area (Å²) >= 11 is 0. The Morgan fingerprint density at radius 2 is 2.11 bits per heavy atom. The Hall–Kier alpha value is -1.42. The third-order valence-electron chi connectivity index (χ3n) is 3.83. The molecule has 0 amide bonds. The van der Waals surface area contributed by atoms with Gasteiger partial charge >= 0.3 is 0 Å². The first-order valence-electron chi connectivity index (χ1n) is 7.17. The first-order valence-corrected chi connectivity index (χ1v) is 7.17. The van der Waals surface area contributed by atoms with Gasteiger partial charge < -0.3 is 15.4 Å². The van der Waals surface area contributed by atoms with Gasteiger partial charge in [-0.05, 0) is 32.5 Å². The second-order valence-electron chi connectivity index (χ2n) is 5.08. The number of nitrogens with two attached hydrogens (primary N) is 1. The van der Waals surface area contributed by atoms with Gasteiger partial charge in [-0.1, -0.05) is 6.92 Å². The summed E-state index contributed by atoms with van der Waals surface area (Å²) in [6.07, 6.45) is 0. The summed E-state index contributed by atoms with van der Waals surface area (Å²) in [6, 6.07) is 6.68. The molecule has 0 aliphatic carbocycles. The van der Waals surface area contributed by atoms with Gasteiger partial charge in [-0.25, -0.2) is 0 Å². The van der Waals surface area contributed by atoms with Crippen LogP contribution in [0.25, 0.3) is 0 Å². The van der Waals surface area contributed by atoms with Crippen molar-refractivity contribution < 1.29 is 4.74 Å². The molecule has 1 fully saturated rings. The number of rotatable bonds is 4. The van der Waals surface area contributed by atoms with Crippen molar-refractivity contribution in [3.8, 4) is 5.75 Å². The minimum atomic E-state index is 0.590. The third kappa shape index (κ3) is 3.13. The molecule has 0 aromatic heterocycles. The molecule has 19 heavy (non-hydrogen) atoms. The highest BCUT2D eigenvalue weighted by Gasteiger charge is 2.22. The summed E-state index contributed by atoms with van der Waals surface area (Å²) in [5.41, 5.74) is 7.85. The normalized spacial score (nSPS) is 20.6. The van der Waals surface area contributed by atoms with E-state index in [1.54, 1.807) is 0 Å². The maximum atomic E-state index is 5.92. The Morgan fingerprint density at radius 1 is 1.32 bits per heavy atom. The first-order chi connectivity index (χ1) is 9.15. The minimum absolute atomic E-state index is 0.590. The molecule has 4 nitrogen and oxygen atoms in total. The van der Waals surface area contributed by atoms with Crippen LogP contribution in [0.1, 0.15) is 20.8 Å². The summed E-state index contributed by atoms with van der Waals surface area (Å²) in [7, 11) is 0. The number of anilines is 2. The molecule has 106 valence electrons. The summed E-state index contributed by atoms with van der Waals surface area (Å²) in [6.45, 7) is 11.5. The van der Waals surface area contributed by atoms with Gasteiger partial charge in [0, 0.05) is 37.4 Å². The molecule has 0 spiro atoms. The van der Waals surface area contributed by atoms with Crippen LogP contribution in [0, 0.1) is 0 Å². The SMILES string of the molecule is CCOc1cc(N2CCN(CC)C(C)C2)ccc1N. The van der Waals surface area contributed by atoms with Crippen LogP contribution in [0.5, 0.6) is 5.75 Å². The van der Waals surface area contributed by atoms with E-state index in [1.807, 2.05) is 13.0 Å². The molecular weight excluding hydrogens is 238 g/mol. The molecule has 0 radical (unpaired) electrons. The predicted octanol–water partition coefficient (Wildman–Crippen LogP) is 2.20. The number of hydrogen-bond donors (Lipinski definition) is 1. The molecule has 1 unspecified atom stereocenters. The van der Waals surface area contributed by atoms with Crippen LogP contribution in [0.15, 0.2) is 18.2 Å². The molecule has 1 atom stereocenters. The molecule has 2 N–H and O–H groups in total. The van der Waals surface area contributed by atoms with E-state index < -0.39 is 0 Å². The van der Waals surface area contributed by atoms with Crippen molar-refractivity contribution in [1.82, 2.24) is 4.90 Å². The fourth-order valence-electron chi connectivity index (χ4n) is 2.70. The Balaban J connectivity index is 2.12. The maximum Gasteiger partial charge on any atom is 0.144 e. The number of nitrogen functional groups attached to an aromatic ring is 1. The van der Waals surface area contributed by atoms with E-state index in [9.17, 15) is 0 Å². The molecule has 1 aliphatic rings. The Labute approximate surface area is 116 Å². The molecule has 0 bridgehead atoms. The van der Waals surface area contributed by atoms with Crippen molar-refractivity contribution in [2.75, 3.05) is 43.4 Å². The molecule has 4 heteroatoms. The number of likely N-dealkylation sites (N-methyl/N-ethyl adjacent to an activating group) is 1. The molecule has 1 heterocycles.